The fourth-order valence-corrected chi connectivity index (χ4v) is 2.75. The predicted octanol–water partition coefficient (Wildman–Crippen LogP) is 2.29. The summed E-state index contributed by atoms with van der Waals surface area (Å²) < 4.78 is 15.4. The zero-order valence-corrected chi connectivity index (χ0v) is 10.4. The largest absolute Gasteiger partial charge is 0.354 e. The highest BCUT2D eigenvalue weighted by Crippen LogP contribution is 2.24. The molecule has 0 aliphatic carbocycles. The van der Waals surface area contributed by atoms with E-state index in [4.69, 9.17) is 12.2 Å². The maximum Gasteiger partial charge on any atom is 0.243 e. The summed E-state index contributed by atoms with van der Waals surface area (Å²) in [6.45, 7) is 0.708. The first-order valence-electron chi connectivity index (χ1n) is 5.84. The van der Waals surface area contributed by atoms with Crippen LogP contribution in [0.15, 0.2) is 18.2 Å². The van der Waals surface area contributed by atoms with E-state index >= 15 is 0 Å². The van der Waals surface area contributed by atoms with Gasteiger partial charge in [0, 0.05) is 6.54 Å². The van der Waals surface area contributed by atoms with E-state index in [1.165, 1.54) is 12.1 Å². The summed E-state index contributed by atoms with van der Waals surface area (Å²) in [6, 6.07) is 4.12. The van der Waals surface area contributed by atoms with Crippen LogP contribution in [0.3, 0.4) is 0 Å². The van der Waals surface area contributed by atoms with E-state index in [1.54, 1.807) is 10.6 Å². The molecule has 3 rings (SSSR count). The van der Waals surface area contributed by atoms with Crippen LogP contribution in [-0.2, 0) is 4.79 Å². The molecule has 1 unspecified atom stereocenters. The number of nitrogens with zero attached hydrogens (tertiary/aromatic N) is 1. The van der Waals surface area contributed by atoms with E-state index in [1.807, 2.05) is 0 Å². The number of nitrogens with one attached hydrogen (secondary N) is 2. The maximum atomic E-state index is 13.2. The second-order valence-corrected chi connectivity index (χ2v) is 4.80. The van der Waals surface area contributed by atoms with E-state index in [-0.39, 0.29) is 17.8 Å². The standard InChI is InChI=1S/C12H12FN3OS/c13-7-3-4-9-8(6-7)15-12(18)16(9)10-2-1-5-14-11(10)17/h3-4,6,10H,1-2,5H2,(H,14,17)(H,15,18). The number of aromatic amines is 1. The van der Waals surface area contributed by atoms with Gasteiger partial charge in [0.05, 0.1) is 11.0 Å². The van der Waals surface area contributed by atoms with Crippen molar-refractivity contribution in [2.75, 3.05) is 6.54 Å². The van der Waals surface area contributed by atoms with Gasteiger partial charge < -0.3 is 14.9 Å². The van der Waals surface area contributed by atoms with Crippen LogP contribution in [0.1, 0.15) is 18.9 Å². The van der Waals surface area contributed by atoms with Crippen molar-refractivity contribution < 1.29 is 9.18 Å². The third kappa shape index (κ3) is 1.73. The first-order valence-corrected chi connectivity index (χ1v) is 6.25. The van der Waals surface area contributed by atoms with Crippen LogP contribution in [0.25, 0.3) is 11.0 Å². The number of rotatable bonds is 1. The van der Waals surface area contributed by atoms with Crippen molar-refractivity contribution in [3.8, 4) is 0 Å². The molecule has 1 aliphatic rings. The van der Waals surface area contributed by atoms with Crippen LogP contribution in [0.2, 0.25) is 0 Å². The molecule has 1 aliphatic heterocycles. The molecule has 2 heterocycles. The smallest absolute Gasteiger partial charge is 0.243 e. The summed E-state index contributed by atoms with van der Waals surface area (Å²) in [7, 11) is 0. The number of imidazole rings is 1. The molecule has 1 aromatic carbocycles. The van der Waals surface area contributed by atoms with Crippen LogP contribution in [0.5, 0.6) is 0 Å². The van der Waals surface area contributed by atoms with Gasteiger partial charge in [-0.15, -0.1) is 0 Å². The lowest BCUT2D eigenvalue weighted by atomic mass is 10.1. The Labute approximate surface area is 108 Å². The van der Waals surface area contributed by atoms with Gasteiger partial charge in [0.15, 0.2) is 4.77 Å². The van der Waals surface area contributed by atoms with E-state index < -0.39 is 0 Å². The third-order valence-electron chi connectivity index (χ3n) is 3.25. The zero-order valence-electron chi connectivity index (χ0n) is 9.57. The van der Waals surface area contributed by atoms with Gasteiger partial charge in [0.1, 0.15) is 11.9 Å². The normalized spacial score (nSPS) is 20.1. The number of halogens is 1. The Morgan fingerprint density at radius 2 is 2.28 bits per heavy atom. The number of H-pyrrole nitrogens is 1. The highest BCUT2D eigenvalue weighted by molar-refractivity contribution is 7.71. The summed E-state index contributed by atoms with van der Waals surface area (Å²) in [5, 5.41) is 2.83. The first kappa shape index (κ1) is 11.4. The van der Waals surface area contributed by atoms with Crippen molar-refractivity contribution in [1.82, 2.24) is 14.9 Å². The van der Waals surface area contributed by atoms with E-state index in [0.717, 1.165) is 18.4 Å². The molecule has 4 nitrogen and oxygen atoms in total. The number of piperidine rings is 1. The van der Waals surface area contributed by atoms with Gasteiger partial charge in [-0.1, -0.05) is 0 Å². The van der Waals surface area contributed by atoms with Crippen molar-refractivity contribution in [2.24, 2.45) is 0 Å². The van der Waals surface area contributed by atoms with Crippen molar-refractivity contribution in [2.45, 2.75) is 18.9 Å². The second-order valence-electron chi connectivity index (χ2n) is 4.41. The molecule has 1 amide bonds. The number of fused-ring (bicyclic) bond motifs is 1. The monoisotopic (exact) mass is 265 g/mol. The minimum absolute atomic E-state index is 0.0254. The molecule has 2 aromatic rings. The molecule has 0 bridgehead atoms. The summed E-state index contributed by atoms with van der Waals surface area (Å²) in [5.74, 6) is -0.346. The summed E-state index contributed by atoms with van der Waals surface area (Å²) >= 11 is 5.23. The van der Waals surface area contributed by atoms with Crippen molar-refractivity contribution in [3.63, 3.8) is 0 Å². The SMILES string of the molecule is O=C1NCCCC1n1c(=S)[nH]c2cc(F)ccc21. The van der Waals surface area contributed by atoms with Crippen LogP contribution in [0, 0.1) is 10.6 Å². The van der Waals surface area contributed by atoms with E-state index in [9.17, 15) is 9.18 Å². The van der Waals surface area contributed by atoms with Crippen LogP contribution in [-0.4, -0.2) is 22.0 Å². The average molecular weight is 265 g/mol. The van der Waals surface area contributed by atoms with Crippen molar-refractivity contribution in [1.29, 1.82) is 0 Å². The lowest BCUT2D eigenvalue weighted by Crippen LogP contribution is -2.37. The van der Waals surface area contributed by atoms with Gasteiger partial charge in [-0.25, -0.2) is 4.39 Å². The molecule has 1 saturated heterocycles. The number of aromatic nitrogens is 2. The molecule has 6 heteroatoms. The predicted molar refractivity (Wildman–Crippen MR) is 68.4 cm³/mol. The van der Waals surface area contributed by atoms with Gasteiger partial charge in [-0.3, -0.25) is 4.79 Å². The molecule has 1 aromatic heterocycles. The number of amides is 1. The van der Waals surface area contributed by atoms with Gasteiger partial charge in [0.2, 0.25) is 5.91 Å². The Kier molecular flexibility index (Phi) is 2.66. The minimum Gasteiger partial charge on any atom is -0.354 e. The van der Waals surface area contributed by atoms with Gasteiger partial charge in [-0.05, 0) is 43.3 Å². The quantitative estimate of drug-likeness (QED) is 0.777. The highest BCUT2D eigenvalue weighted by atomic mass is 32.1. The lowest BCUT2D eigenvalue weighted by Gasteiger charge is -2.23. The summed E-state index contributed by atoms with van der Waals surface area (Å²) in [5.41, 5.74) is 1.39. The second kappa shape index (κ2) is 4.20. The number of carbonyl (C=O) groups is 1. The summed E-state index contributed by atoms with van der Waals surface area (Å²) in [6.07, 6.45) is 1.68. The van der Waals surface area contributed by atoms with Gasteiger partial charge >= 0.3 is 0 Å². The van der Waals surface area contributed by atoms with Gasteiger partial charge in [0.25, 0.3) is 0 Å². The average Bonchev–Trinajstić information content (AvgIpc) is 2.65. The number of hydrogen-bond acceptors (Lipinski definition) is 2. The molecular weight excluding hydrogens is 253 g/mol. The Hall–Kier alpha value is -1.69. The molecule has 0 radical (unpaired) electrons. The molecule has 18 heavy (non-hydrogen) atoms. The Balaban J connectivity index is 2.19. The fourth-order valence-electron chi connectivity index (χ4n) is 2.41. The summed E-state index contributed by atoms with van der Waals surface area (Å²) in [4.78, 5) is 14.8. The maximum absolute atomic E-state index is 13.2. The Morgan fingerprint density at radius 1 is 1.44 bits per heavy atom. The molecule has 1 atom stereocenters. The molecule has 0 spiro atoms. The topological polar surface area (TPSA) is 49.8 Å². The Bertz CT molecular complexity index is 676. The van der Waals surface area contributed by atoms with Gasteiger partial charge in [-0.2, -0.15) is 0 Å². The van der Waals surface area contributed by atoms with Crippen LogP contribution < -0.4 is 5.32 Å². The van der Waals surface area contributed by atoms with E-state index in [0.29, 0.717) is 16.8 Å². The zero-order chi connectivity index (χ0) is 12.7. The number of hydrogen-bond donors (Lipinski definition) is 2. The lowest BCUT2D eigenvalue weighted by molar-refractivity contribution is -0.125. The molecule has 2 N–H and O–H groups in total. The Morgan fingerprint density at radius 3 is 3.06 bits per heavy atom. The molecular formula is C12H12FN3OS. The molecule has 1 fully saturated rings. The molecule has 94 valence electrons. The number of benzene rings is 1. The highest BCUT2D eigenvalue weighted by Gasteiger charge is 2.25. The van der Waals surface area contributed by atoms with Crippen molar-refractivity contribution >= 4 is 29.2 Å². The van der Waals surface area contributed by atoms with Crippen LogP contribution >= 0.6 is 12.2 Å². The minimum atomic E-state index is -0.320. The number of carbonyl (C=O) groups excluding carboxylic acids is 1. The fraction of sp³-hybridized carbons (Fsp3) is 0.333. The van der Waals surface area contributed by atoms with Crippen LogP contribution in [0.4, 0.5) is 4.39 Å². The first-order chi connectivity index (χ1) is 8.66. The van der Waals surface area contributed by atoms with E-state index in [2.05, 4.69) is 10.3 Å². The molecule has 0 saturated carbocycles. The third-order valence-corrected chi connectivity index (χ3v) is 3.55. The van der Waals surface area contributed by atoms with Crippen molar-refractivity contribution in [3.05, 3.63) is 28.8 Å².